The fourth-order valence-corrected chi connectivity index (χ4v) is 2.25. The molecule has 2 aromatic rings. The molecule has 15 heavy (non-hydrogen) atoms. The third kappa shape index (κ3) is 2.94. The third-order valence-corrected chi connectivity index (χ3v) is 3.20. The minimum Gasteiger partial charge on any atom is -0.380 e. The molecule has 1 N–H and O–H groups in total. The standard InChI is InChI=1S/C11H9ClFNS/c12-8-4-11(15-7-8)6-14-10-3-1-2-9(13)5-10/h1-5,7,14H,6H2. The van der Waals surface area contributed by atoms with Crippen molar-refractivity contribution in [2.75, 3.05) is 5.32 Å². The molecule has 0 atom stereocenters. The lowest BCUT2D eigenvalue weighted by Gasteiger charge is -2.03. The molecule has 1 heterocycles. The van der Waals surface area contributed by atoms with E-state index in [1.54, 1.807) is 17.4 Å². The first-order chi connectivity index (χ1) is 7.24. The highest BCUT2D eigenvalue weighted by molar-refractivity contribution is 7.10. The molecule has 2 rings (SSSR count). The first-order valence-electron chi connectivity index (χ1n) is 4.46. The minimum absolute atomic E-state index is 0.232. The van der Waals surface area contributed by atoms with E-state index in [0.717, 1.165) is 15.6 Å². The number of halogens is 2. The Morgan fingerprint density at radius 2 is 2.20 bits per heavy atom. The molecule has 0 saturated carbocycles. The summed E-state index contributed by atoms with van der Waals surface area (Å²) in [6.07, 6.45) is 0. The Morgan fingerprint density at radius 3 is 2.87 bits per heavy atom. The van der Waals surface area contributed by atoms with E-state index in [0.29, 0.717) is 6.54 Å². The summed E-state index contributed by atoms with van der Waals surface area (Å²) in [5.74, 6) is -0.232. The monoisotopic (exact) mass is 241 g/mol. The van der Waals surface area contributed by atoms with Gasteiger partial charge in [-0.15, -0.1) is 11.3 Å². The highest BCUT2D eigenvalue weighted by Crippen LogP contribution is 2.20. The lowest BCUT2D eigenvalue weighted by molar-refractivity contribution is 0.628. The second-order valence-corrected chi connectivity index (χ2v) is 4.53. The van der Waals surface area contributed by atoms with Gasteiger partial charge in [0.15, 0.2) is 0 Å². The molecular formula is C11H9ClFNS. The zero-order valence-corrected chi connectivity index (χ0v) is 9.41. The molecule has 0 aliphatic rings. The van der Waals surface area contributed by atoms with Gasteiger partial charge in [-0.3, -0.25) is 0 Å². The zero-order valence-electron chi connectivity index (χ0n) is 7.84. The van der Waals surface area contributed by atoms with Gasteiger partial charge in [0.05, 0.1) is 5.02 Å². The fraction of sp³-hybridized carbons (Fsp3) is 0.0909. The van der Waals surface area contributed by atoms with E-state index >= 15 is 0 Å². The van der Waals surface area contributed by atoms with Crippen LogP contribution in [0.25, 0.3) is 0 Å². The van der Waals surface area contributed by atoms with Gasteiger partial charge in [-0.25, -0.2) is 4.39 Å². The van der Waals surface area contributed by atoms with Crippen LogP contribution in [0.2, 0.25) is 5.02 Å². The molecule has 0 spiro atoms. The number of benzene rings is 1. The molecule has 0 aliphatic heterocycles. The van der Waals surface area contributed by atoms with Crippen LogP contribution < -0.4 is 5.32 Å². The minimum atomic E-state index is -0.232. The van der Waals surface area contributed by atoms with E-state index in [-0.39, 0.29) is 5.82 Å². The van der Waals surface area contributed by atoms with Gasteiger partial charge < -0.3 is 5.32 Å². The first kappa shape index (κ1) is 10.5. The molecule has 0 radical (unpaired) electrons. The molecular weight excluding hydrogens is 233 g/mol. The SMILES string of the molecule is Fc1cccc(NCc2cc(Cl)cs2)c1. The van der Waals surface area contributed by atoms with Crippen LogP contribution in [-0.2, 0) is 6.54 Å². The number of thiophene rings is 1. The first-order valence-corrected chi connectivity index (χ1v) is 5.72. The molecule has 4 heteroatoms. The maximum Gasteiger partial charge on any atom is 0.125 e. The molecule has 1 nitrogen and oxygen atoms in total. The summed E-state index contributed by atoms with van der Waals surface area (Å²) < 4.78 is 12.8. The number of nitrogens with one attached hydrogen (secondary N) is 1. The van der Waals surface area contributed by atoms with Gasteiger partial charge in [-0.1, -0.05) is 17.7 Å². The highest BCUT2D eigenvalue weighted by atomic mass is 35.5. The van der Waals surface area contributed by atoms with Gasteiger partial charge in [-0.05, 0) is 24.3 Å². The van der Waals surface area contributed by atoms with Crippen LogP contribution in [0, 0.1) is 5.82 Å². The Hall–Kier alpha value is -1.06. The van der Waals surface area contributed by atoms with Crippen LogP contribution in [0.4, 0.5) is 10.1 Å². The normalized spacial score (nSPS) is 10.3. The topological polar surface area (TPSA) is 12.0 Å². The summed E-state index contributed by atoms with van der Waals surface area (Å²) in [5.41, 5.74) is 0.777. The van der Waals surface area contributed by atoms with Crippen molar-refractivity contribution in [3.8, 4) is 0 Å². The average Bonchev–Trinajstić information content (AvgIpc) is 2.62. The van der Waals surface area contributed by atoms with Crippen LogP contribution >= 0.6 is 22.9 Å². The quantitative estimate of drug-likeness (QED) is 0.851. The Bertz CT molecular complexity index is 455. The van der Waals surface area contributed by atoms with Crippen LogP contribution in [0.1, 0.15) is 4.88 Å². The van der Waals surface area contributed by atoms with Gasteiger partial charge in [0, 0.05) is 22.5 Å². The largest absolute Gasteiger partial charge is 0.380 e. The van der Waals surface area contributed by atoms with Crippen molar-refractivity contribution in [1.29, 1.82) is 0 Å². The Kier molecular flexibility index (Phi) is 3.23. The van der Waals surface area contributed by atoms with E-state index in [4.69, 9.17) is 11.6 Å². The third-order valence-electron chi connectivity index (χ3n) is 1.91. The summed E-state index contributed by atoms with van der Waals surface area (Å²) in [7, 11) is 0. The Morgan fingerprint density at radius 1 is 1.33 bits per heavy atom. The van der Waals surface area contributed by atoms with E-state index in [2.05, 4.69) is 5.32 Å². The molecule has 0 amide bonds. The lowest BCUT2D eigenvalue weighted by atomic mass is 10.3. The second-order valence-electron chi connectivity index (χ2n) is 3.10. The molecule has 1 aromatic carbocycles. The van der Waals surface area contributed by atoms with Gasteiger partial charge in [-0.2, -0.15) is 0 Å². The Labute approximate surface area is 96.5 Å². The van der Waals surface area contributed by atoms with Crippen molar-refractivity contribution in [2.24, 2.45) is 0 Å². The van der Waals surface area contributed by atoms with Gasteiger partial charge in [0.2, 0.25) is 0 Å². The predicted octanol–water partition coefficient (Wildman–Crippen LogP) is 4.15. The van der Waals surface area contributed by atoms with Crippen molar-refractivity contribution in [3.63, 3.8) is 0 Å². The fourth-order valence-electron chi connectivity index (χ4n) is 1.23. The van der Waals surface area contributed by atoms with E-state index < -0.39 is 0 Å². The lowest BCUT2D eigenvalue weighted by Crippen LogP contribution is -1.97. The van der Waals surface area contributed by atoms with E-state index in [1.165, 1.54) is 12.1 Å². The highest BCUT2D eigenvalue weighted by Gasteiger charge is 1.98. The van der Waals surface area contributed by atoms with Gasteiger partial charge >= 0.3 is 0 Å². The molecule has 1 aromatic heterocycles. The van der Waals surface area contributed by atoms with Crippen molar-refractivity contribution < 1.29 is 4.39 Å². The smallest absolute Gasteiger partial charge is 0.125 e. The summed E-state index contributed by atoms with van der Waals surface area (Å²) in [6.45, 7) is 0.668. The number of hydrogen-bond donors (Lipinski definition) is 1. The molecule has 78 valence electrons. The van der Waals surface area contributed by atoms with Crippen LogP contribution in [0.15, 0.2) is 35.7 Å². The average molecular weight is 242 g/mol. The van der Waals surface area contributed by atoms with Gasteiger partial charge in [0.25, 0.3) is 0 Å². The summed E-state index contributed by atoms with van der Waals surface area (Å²) >= 11 is 7.37. The maximum atomic E-state index is 12.8. The van der Waals surface area contributed by atoms with Crippen LogP contribution in [0.5, 0.6) is 0 Å². The van der Waals surface area contributed by atoms with Crippen LogP contribution in [0.3, 0.4) is 0 Å². The number of anilines is 1. The molecule has 0 aliphatic carbocycles. The van der Waals surface area contributed by atoms with Crippen molar-refractivity contribution in [3.05, 3.63) is 51.4 Å². The molecule has 0 fully saturated rings. The number of rotatable bonds is 3. The van der Waals surface area contributed by atoms with Crippen LogP contribution in [-0.4, -0.2) is 0 Å². The summed E-state index contributed by atoms with van der Waals surface area (Å²) in [6, 6.07) is 8.30. The molecule has 0 saturated heterocycles. The maximum absolute atomic E-state index is 12.8. The van der Waals surface area contributed by atoms with Crippen molar-refractivity contribution >= 4 is 28.6 Å². The predicted molar refractivity (Wildman–Crippen MR) is 63.1 cm³/mol. The van der Waals surface area contributed by atoms with Gasteiger partial charge in [0.1, 0.15) is 5.82 Å². The summed E-state index contributed by atoms with van der Waals surface area (Å²) in [4.78, 5) is 1.13. The Balaban J connectivity index is 1.99. The molecule has 0 unspecified atom stereocenters. The van der Waals surface area contributed by atoms with Crippen molar-refractivity contribution in [1.82, 2.24) is 0 Å². The second kappa shape index (κ2) is 4.64. The van der Waals surface area contributed by atoms with Crippen molar-refractivity contribution in [2.45, 2.75) is 6.54 Å². The molecule has 0 bridgehead atoms. The van der Waals surface area contributed by atoms with E-state index in [1.807, 2.05) is 17.5 Å². The van der Waals surface area contributed by atoms with E-state index in [9.17, 15) is 4.39 Å². The summed E-state index contributed by atoms with van der Waals surface area (Å²) in [5, 5.41) is 5.75. The number of hydrogen-bond acceptors (Lipinski definition) is 2. The zero-order chi connectivity index (χ0) is 10.7.